The van der Waals surface area contributed by atoms with E-state index in [9.17, 15) is 29.1 Å². The molecule has 11 nitrogen and oxygen atoms in total. The quantitative estimate of drug-likeness (QED) is 0.368. The largest absolute Gasteiger partial charge is 0.479 e. The van der Waals surface area contributed by atoms with Gasteiger partial charge < -0.3 is 30.3 Å². The Labute approximate surface area is 297 Å². The molecular formula is C38H45ClN4O7. The molecule has 12 heteroatoms. The van der Waals surface area contributed by atoms with E-state index in [4.69, 9.17) is 16.3 Å². The molecular weight excluding hydrogens is 660 g/mol. The number of likely N-dealkylation sites (tertiary alicyclic amines) is 1. The van der Waals surface area contributed by atoms with Crippen LogP contribution in [0.5, 0.6) is 0 Å². The third-order valence-electron chi connectivity index (χ3n) is 10.3. The van der Waals surface area contributed by atoms with Crippen LogP contribution in [0.15, 0.2) is 60.7 Å². The van der Waals surface area contributed by atoms with Crippen molar-refractivity contribution in [2.75, 3.05) is 19.6 Å². The van der Waals surface area contributed by atoms with Crippen molar-refractivity contribution in [3.8, 4) is 11.1 Å². The van der Waals surface area contributed by atoms with Crippen molar-refractivity contribution in [3.05, 3.63) is 71.3 Å². The number of nitrogens with zero attached hydrogens (tertiary/aromatic N) is 2. The minimum atomic E-state index is -1.45. The van der Waals surface area contributed by atoms with Gasteiger partial charge in [0.25, 0.3) is 5.91 Å². The van der Waals surface area contributed by atoms with E-state index >= 15 is 0 Å². The Hall–Kier alpha value is -4.38. The Morgan fingerprint density at radius 2 is 1.76 bits per heavy atom. The third-order valence-corrected chi connectivity index (χ3v) is 10.5. The molecule has 2 aromatic rings. The number of aliphatic carboxylic acids is 1. The van der Waals surface area contributed by atoms with Crippen molar-refractivity contribution in [2.45, 2.75) is 82.5 Å². The van der Waals surface area contributed by atoms with Gasteiger partial charge in [-0.25, -0.2) is 9.59 Å². The van der Waals surface area contributed by atoms with Crippen LogP contribution in [-0.4, -0.2) is 87.5 Å². The summed E-state index contributed by atoms with van der Waals surface area (Å²) in [7, 11) is 0. The van der Waals surface area contributed by atoms with E-state index in [0.717, 1.165) is 30.4 Å². The smallest absolute Gasteiger partial charge is 0.408 e. The number of amides is 4. The molecule has 0 unspecified atom stereocenters. The predicted octanol–water partition coefficient (Wildman–Crippen LogP) is 5.28. The highest BCUT2D eigenvalue weighted by Crippen LogP contribution is 2.46. The van der Waals surface area contributed by atoms with Crippen molar-refractivity contribution >= 4 is 41.4 Å². The number of rotatable bonds is 4. The van der Waals surface area contributed by atoms with Gasteiger partial charge in [0.15, 0.2) is 0 Å². The molecule has 0 bridgehead atoms. The Balaban J connectivity index is 1.27. The summed E-state index contributed by atoms with van der Waals surface area (Å²) in [5, 5.41) is 16.4. The zero-order valence-corrected chi connectivity index (χ0v) is 29.4. The second-order valence-corrected chi connectivity index (χ2v) is 15.4. The number of benzene rings is 2. The first-order valence-electron chi connectivity index (χ1n) is 17.4. The zero-order valence-electron chi connectivity index (χ0n) is 28.7. The molecule has 6 atom stereocenters. The van der Waals surface area contributed by atoms with Gasteiger partial charge in [0.05, 0.1) is 0 Å². The lowest BCUT2D eigenvalue weighted by molar-refractivity contribution is -0.146. The zero-order chi connectivity index (χ0) is 35.8. The third kappa shape index (κ3) is 7.52. The highest BCUT2D eigenvalue weighted by atomic mass is 35.5. The molecule has 266 valence electrons. The first-order valence-corrected chi connectivity index (χ1v) is 17.8. The summed E-state index contributed by atoms with van der Waals surface area (Å²) in [6.07, 6.45) is 6.78. The van der Waals surface area contributed by atoms with E-state index in [2.05, 4.69) is 10.6 Å². The normalized spacial score (nSPS) is 29.0. The van der Waals surface area contributed by atoms with E-state index in [1.807, 2.05) is 42.5 Å². The fourth-order valence-corrected chi connectivity index (χ4v) is 7.77. The van der Waals surface area contributed by atoms with Crippen LogP contribution in [0.1, 0.15) is 69.7 Å². The molecule has 1 aliphatic carbocycles. The monoisotopic (exact) mass is 704 g/mol. The van der Waals surface area contributed by atoms with Crippen LogP contribution in [0, 0.1) is 17.8 Å². The van der Waals surface area contributed by atoms with Crippen LogP contribution in [0.2, 0.25) is 5.02 Å². The second kappa shape index (κ2) is 14.1. The number of halogens is 1. The number of ether oxygens (including phenoxy) is 1. The second-order valence-electron chi connectivity index (χ2n) is 15.0. The van der Waals surface area contributed by atoms with Crippen LogP contribution in [0.25, 0.3) is 11.1 Å². The standard InChI is InChI=1S/C38H45ClN4O7/c1-37(2,3)50-36(49)40-30-13-8-6-4-5-7-12-27-19-38(27,35(47)48)41-32(44)31-29-22-42(20-26(29)21-43(31)34(30)46)33(45)25-11-9-10-24(18-25)23-14-16-28(39)17-15-23/h7,9-12,14-18,26-27,29-31H,4-6,8,13,19-22H2,1-3H3,(H,40,49)(H,41,44)(H,47,48)/b12-7-/t26-,27+,29-,30+,31-,38-/m0/s1. The molecule has 3 N–H and O–H groups in total. The summed E-state index contributed by atoms with van der Waals surface area (Å²) in [5.74, 6) is -3.30. The molecule has 3 heterocycles. The van der Waals surface area contributed by atoms with Gasteiger partial charge in [-0.1, -0.05) is 60.9 Å². The highest BCUT2D eigenvalue weighted by Gasteiger charge is 2.62. The molecule has 4 amide bonds. The molecule has 2 saturated heterocycles. The SMILES string of the molecule is CC(C)(C)OC(=O)N[C@@H]1CCCCC/C=C\[C@@H]2C[C@]2(C(=O)O)NC(=O)[C@@H]2[C@H]3CN(C(=O)c4cccc(-c5ccc(Cl)cc5)c4)C[C@H]3CN2C1=O. The number of nitrogens with one attached hydrogen (secondary N) is 2. The molecule has 3 fully saturated rings. The first-order chi connectivity index (χ1) is 23.8. The van der Waals surface area contributed by atoms with Crippen molar-refractivity contribution in [2.24, 2.45) is 17.8 Å². The van der Waals surface area contributed by atoms with Gasteiger partial charge in [0.2, 0.25) is 11.8 Å². The van der Waals surface area contributed by atoms with Crippen molar-refractivity contribution in [1.29, 1.82) is 0 Å². The Morgan fingerprint density at radius 3 is 2.48 bits per heavy atom. The summed E-state index contributed by atoms with van der Waals surface area (Å²) in [6.45, 7) is 5.94. The van der Waals surface area contributed by atoms with Crippen LogP contribution >= 0.6 is 11.6 Å². The van der Waals surface area contributed by atoms with Crippen LogP contribution in [0.3, 0.4) is 0 Å². The molecule has 6 rings (SSSR count). The number of alkyl carbamates (subject to hydrolysis) is 1. The van der Waals surface area contributed by atoms with E-state index < -0.39 is 53.0 Å². The summed E-state index contributed by atoms with van der Waals surface area (Å²) in [6, 6.07) is 12.7. The van der Waals surface area contributed by atoms with E-state index in [1.54, 1.807) is 43.9 Å². The lowest BCUT2D eigenvalue weighted by Crippen LogP contribution is -2.58. The van der Waals surface area contributed by atoms with Gasteiger partial charge in [0, 0.05) is 48.0 Å². The number of hydrogen-bond acceptors (Lipinski definition) is 6. The van der Waals surface area contributed by atoms with Gasteiger partial charge in [-0.2, -0.15) is 0 Å². The van der Waals surface area contributed by atoms with E-state index in [1.165, 1.54) is 4.90 Å². The van der Waals surface area contributed by atoms with Gasteiger partial charge in [0.1, 0.15) is 23.2 Å². The predicted molar refractivity (Wildman–Crippen MR) is 187 cm³/mol. The number of carbonyl (C=O) groups excluding carboxylic acids is 4. The topological polar surface area (TPSA) is 145 Å². The Morgan fingerprint density at radius 1 is 1.00 bits per heavy atom. The van der Waals surface area contributed by atoms with Gasteiger partial charge in [-0.05, 0) is 81.8 Å². The fourth-order valence-electron chi connectivity index (χ4n) is 7.64. The number of fused-ring (bicyclic) bond motifs is 4. The maximum atomic E-state index is 14.3. The molecule has 0 radical (unpaired) electrons. The number of carboxylic acid groups (broad SMARTS) is 1. The minimum absolute atomic E-state index is 0.187. The molecule has 2 aromatic carbocycles. The van der Waals surface area contributed by atoms with E-state index in [-0.39, 0.29) is 37.3 Å². The summed E-state index contributed by atoms with van der Waals surface area (Å²) in [5.41, 5.74) is 0.0447. The summed E-state index contributed by atoms with van der Waals surface area (Å²) in [4.78, 5) is 71.1. The molecule has 0 spiro atoms. The van der Waals surface area contributed by atoms with E-state index in [0.29, 0.717) is 30.0 Å². The number of carboxylic acids is 1. The van der Waals surface area contributed by atoms with Crippen LogP contribution < -0.4 is 10.6 Å². The number of hydrogen-bond donors (Lipinski definition) is 3. The fraction of sp³-hybridized carbons (Fsp3) is 0.500. The van der Waals surface area contributed by atoms with Gasteiger partial charge in [-0.15, -0.1) is 0 Å². The molecule has 4 aliphatic rings. The van der Waals surface area contributed by atoms with Crippen molar-refractivity contribution < 1.29 is 33.8 Å². The average Bonchev–Trinajstić information content (AvgIpc) is 3.41. The minimum Gasteiger partial charge on any atom is -0.479 e. The molecule has 0 aromatic heterocycles. The highest BCUT2D eigenvalue weighted by molar-refractivity contribution is 6.30. The van der Waals surface area contributed by atoms with Crippen LogP contribution in [0.4, 0.5) is 4.79 Å². The Kier molecular flexibility index (Phi) is 9.99. The Bertz CT molecular complexity index is 1690. The van der Waals surface area contributed by atoms with Gasteiger partial charge in [-0.3, -0.25) is 14.4 Å². The summed E-state index contributed by atoms with van der Waals surface area (Å²) < 4.78 is 5.48. The molecule has 50 heavy (non-hydrogen) atoms. The van der Waals surface area contributed by atoms with Crippen molar-refractivity contribution in [1.82, 2.24) is 20.4 Å². The lowest BCUT2D eigenvalue weighted by atomic mass is 9.93. The first kappa shape index (κ1) is 35.4. The molecule has 1 saturated carbocycles. The maximum absolute atomic E-state index is 14.3. The van der Waals surface area contributed by atoms with Gasteiger partial charge >= 0.3 is 12.1 Å². The maximum Gasteiger partial charge on any atom is 0.408 e. The summed E-state index contributed by atoms with van der Waals surface area (Å²) >= 11 is 6.07. The lowest BCUT2D eigenvalue weighted by Gasteiger charge is -2.33. The average molecular weight is 705 g/mol. The molecule has 3 aliphatic heterocycles. The number of carbonyl (C=O) groups is 5. The van der Waals surface area contributed by atoms with Crippen molar-refractivity contribution in [3.63, 3.8) is 0 Å². The van der Waals surface area contributed by atoms with Crippen LogP contribution in [-0.2, 0) is 19.1 Å². The number of allylic oxidation sites excluding steroid dienone is 1.